The van der Waals surface area contributed by atoms with Gasteiger partial charge in [-0.05, 0) is 79.2 Å². The van der Waals surface area contributed by atoms with Crippen molar-refractivity contribution in [2.75, 3.05) is 10.2 Å². The van der Waals surface area contributed by atoms with Crippen molar-refractivity contribution in [3.63, 3.8) is 0 Å². The van der Waals surface area contributed by atoms with E-state index < -0.39 is 0 Å². The van der Waals surface area contributed by atoms with Crippen LogP contribution in [0, 0.1) is 20.8 Å². The minimum absolute atomic E-state index is 0.279. The Bertz CT molecular complexity index is 1170. The molecule has 1 N–H and O–H groups in total. The largest absolute Gasteiger partial charge is 0.350 e. The zero-order chi connectivity index (χ0) is 20.7. The lowest BCUT2D eigenvalue weighted by molar-refractivity contribution is -0.120. The third kappa shape index (κ3) is 3.48. The highest BCUT2D eigenvalue weighted by atomic mass is 35.5. The number of amides is 2. The average Bonchev–Trinajstić information content (AvgIpc) is 3.27. The summed E-state index contributed by atoms with van der Waals surface area (Å²) in [5.74, 6) is -0.689. The highest BCUT2D eigenvalue weighted by Gasteiger charge is 2.40. The molecule has 2 heterocycles. The molecule has 0 atom stereocenters. The number of benzene rings is 2. The Labute approximate surface area is 178 Å². The van der Waals surface area contributed by atoms with Gasteiger partial charge in [-0.25, -0.2) is 4.90 Å². The van der Waals surface area contributed by atoms with Crippen LogP contribution in [0.1, 0.15) is 21.6 Å². The predicted molar refractivity (Wildman–Crippen MR) is 119 cm³/mol. The number of nitrogens with one attached hydrogen (secondary N) is 1. The van der Waals surface area contributed by atoms with Crippen LogP contribution in [0.15, 0.2) is 59.6 Å². The van der Waals surface area contributed by atoms with Crippen molar-refractivity contribution in [3.05, 3.63) is 86.2 Å². The number of aryl methyl sites for hydroxylation is 3. The predicted octanol–water partition coefficient (Wildman–Crippen LogP) is 5.72. The lowest BCUT2D eigenvalue weighted by Crippen LogP contribution is -2.32. The molecule has 0 saturated carbocycles. The van der Waals surface area contributed by atoms with Gasteiger partial charge in [0.15, 0.2) is 0 Å². The summed E-state index contributed by atoms with van der Waals surface area (Å²) >= 11 is 7.49. The highest BCUT2D eigenvalue weighted by molar-refractivity contribution is 7.11. The first-order chi connectivity index (χ1) is 13.9. The number of anilines is 2. The highest BCUT2D eigenvalue weighted by Crippen LogP contribution is 2.36. The second-order valence-corrected chi connectivity index (χ2v) is 8.41. The van der Waals surface area contributed by atoms with Gasteiger partial charge in [-0.2, -0.15) is 0 Å². The van der Waals surface area contributed by atoms with E-state index in [1.54, 1.807) is 12.1 Å². The Balaban J connectivity index is 1.81. The summed E-state index contributed by atoms with van der Waals surface area (Å²) in [4.78, 5) is 28.7. The number of nitrogens with zero attached hydrogens (tertiary/aromatic N) is 1. The minimum Gasteiger partial charge on any atom is -0.350 e. The van der Waals surface area contributed by atoms with Crippen LogP contribution in [-0.2, 0) is 9.59 Å². The summed E-state index contributed by atoms with van der Waals surface area (Å²) in [6, 6.07) is 14.7. The molecule has 2 aromatic carbocycles. The normalized spacial score (nSPS) is 14.1. The Hall–Kier alpha value is -2.89. The van der Waals surface area contributed by atoms with Crippen LogP contribution < -0.4 is 10.2 Å². The number of carbonyl (C=O) groups excluding carboxylic acids is 2. The fourth-order valence-corrected chi connectivity index (χ4v) is 4.29. The molecule has 0 saturated heterocycles. The van der Waals surface area contributed by atoms with E-state index in [2.05, 4.69) is 5.32 Å². The van der Waals surface area contributed by atoms with Gasteiger partial charge >= 0.3 is 0 Å². The number of thiophene rings is 1. The van der Waals surface area contributed by atoms with Gasteiger partial charge in [-0.15, -0.1) is 11.3 Å². The number of rotatable bonds is 4. The smallest absolute Gasteiger partial charge is 0.282 e. The van der Waals surface area contributed by atoms with Crippen LogP contribution >= 0.6 is 22.9 Å². The molecule has 1 aliphatic heterocycles. The molecular formula is C23H19ClN2O2S. The third-order valence-electron chi connectivity index (χ3n) is 5.05. The van der Waals surface area contributed by atoms with Crippen molar-refractivity contribution in [1.29, 1.82) is 0 Å². The lowest BCUT2D eigenvalue weighted by Gasteiger charge is -2.17. The molecule has 0 spiro atoms. The molecule has 0 bridgehead atoms. The van der Waals surface area contributed by atoms with Crippen LogP contribution in [0.2, 0.25) is 5.02 Å². The van der Waals surface area contributed by atoms with Gasteiger partial charge in [-0.3, -0.25) is 9.59 Å². The molecular weight excluding hydrogens is 404 g/mol. The molecule has 0 radical (unpaired) electrons. The summed E-state index contributed by atoms with van der Waals surface area (Å²) in [6.45, 7) is 5.87. The summed E-state index contributed by atoms with van der Waals surface area (Å²) in [5.41, 5.74) is 4.99. The quantitative estimate of drug-likeness (QED) is 0.547. The number of imide groups is 1. The standard InChI is InChI=1S/C23H19ClN2O2S/c1-13-6-8-17(12-14(13)2)26-22(27)20(19-5-4-10-29-19)21(23(26)28)25-18-9-7-16(24)11-15(18)3/h4-12,25H,1-3H3. The number of halogens is 1. The topological polar surface area (TPSA) is 49.4 Å². The summed E-state index contributed by atoms with van der Waals surface area (Å²) in [5, 5.41) is 5.71. The van der Waals surface area contributed by atoms with E-state index in [0.717, 1.165) is 27.3 Å². The molecule has 4 rings (SSSR count). The molecule has 0 unspecified atom stereocenters. The number of hydrogen-bond acceptors (Lipinski definition) is 4. The second kappa shape index (κ2) is 7.50. The zero-order valence-electron chi connectivity index (χ0n) is 16.2. The van der Waals surface area contributed by atoms with Crippen LogP contribution in [0.5, 0.6) is 0 Å². The van der Waals surface area contributed by atoms with Crippen molar-refractivity contribution in [3.8, 4) is 0 Å². The summed E-state index contributed by atoms with van der Waals surface area (Å²) in [7, 11) is 0. The van der Waals surface area contributed by atoms with Crippen molar-refractivity contribution >= 4 is 51.7 Å². The van der Waals surface area contributed by atoms with E-state index >= 15 is 0 Å². The molecule has 1 aliphatic rings. The van der Waals surface area contributed by atoms with Gasteiger partial charge in [0.05, 0.1) is 11.3 Å². The van der Waals surface area contributed by atoms with Crippen molar-refractivity contribution < 1.29 is 9.59 Å². The lowest BCUT2D eigenvalue weighted by atomic mass is 10.1. The van der Waals surface area contributed by atoms with Crippen molar-refractivity contribution in [2.45, 2.75) is 20.8 Å². The molecule has 2 amide bonds. The van der Waals surface area contributed by atoms with E-state index in [9.17, 15) is 9.59 Å². The van der Waals surface area contributed by atoms with Crippen molar-refractivity contribution in [1.82, 2.24) is 0 Å². The minimum atomic E-state index is -0.365. The molecule has 146 valence electrons. The Morgan fingerprint density at radius 1 is 0.897 bits per heavy atom. The van der Waals surface area contributed by atoms with E-state index in [1.807, 2.05) is 62.5 Å². The van der Waals surface area contributed by atoms with E-state index in [4.69, 9.17) is 11.6 Å². The molecule has 29 heavy (non-hydrogen) atoms. The van der Waals surface area contributed by atoms with Gasteiger partial charge in [0.25, 0.3) is 11.8 Å². The number of hydrogen-bond donors (Lipinski definition) is 1. The Morgan fingerprint density at radius 2 is 1.69 bits per heavy atom. The second-order valence-electron chi connectivity index (χ2n) is 7.03. The van der Waals surface area contributed by atoms with E-state index in [-0.39, 0.29) is 17.5 Å². The van der Waals surface area contributed by atoms with Crippen LogP contribution in [-0.4, -0.2) is 11.8 Å². The molecule has 6 heteroatoms. The molecule has 4 nitrogen and oxygen atoms in total. The first kappa shape index (κ1) is 19.4. The monoisotopic (exact) mass is 422 g/mol. The van der Waals surface area contributed by atoms with E-state index in [1.165, 1.54) is 16.2 Å². The van der Waals surface area contributed by atoms with Gasteiger partial charge < -0.3 is 5.32 Å². The van der Waals surface area contributed by atoms with Gasteiger partial charge in [0, 0.05) is 15.6 Å². The van der Waals surface area contributed by atoms with E-state index in [0.29, 0.717) is 16.3 Å². The first-order valence-electron chi connectivity index (χ1n) is 9.14. The molecule has 0 fully saturated rings. The van der Waals surface area contributed by atoms with Gasteiger partial charge in [-0.1, -0.05) is 23.7 Å². The van der Waals surface area contributed by atoms with Crippen molar-refractivity contribution in [2.24, 2.45) is 0 Å². The summed E-state index contributed by atoms with van der Waals surface area (Å²) in [6.07, 6.45) is 0. The molecule has 1 aromatic heterocycles. The van der Waals surface area contributed by atoms with Gasteiger partial charge in [0.2, 0.25) is 0 Å². The fraction of sp³-hybridized carbons (Fsp3) is 0.130. The number of carbonyl (C=O) groups is 2. The third-order valence-corrected chi connectivity index (χ3v) is 6.17. The molecule has 3 aromatic rings. The SMILES string of the molecule is Cc1ccc(N2C(=O)C(Nc3ccc(Cl)cc3C)=C(c3cccs3)C2=O)cc1C. The zero-order valence-corrected chi connectivity index (χ0v) is 17.8. The van der Waals surface area contributed by atoms with Crippen LogP contribution in [0.3, 0.4) is 0 Å². The first-order valence-corrected chi connectivity index (χ1v) is 10.4. The summed E-state index contributed by atoms with van der Waals surface area (Å²) < 4.78 is 0. The maximum Gasteiger partial charge on any atom is 0.282 e. The average molecular weight is 423 g/mol. The molecule has 0 aliphatic carbocycles. The Morgan fingerprint density at radius 3 is 2.34 bits per heavy atom. The maximum atomic E-state index is 13.4. The maximum absolute atomic E-state index is 13.4. The fourth-order valence-electron chi connectivity index (χ4n) is 3.30. The Kier molecular flexibility index (Phi) is 5.03. The van der Waals surface area contributed by atoms with Crippen LogP contribution in [0.25, 0.3) is 5.57 Å². The van der Waals surface area contributed by atoms with Gasteiger partial charge in [0.1, 0.15) is 5.70 Å². The van der Waals surface area contributed by atoms with Crippen LogP contribution in [0.4, 0.5) is 11.4 Å².